The molecule has 0 amide bonds. The standard InChI is InChI=1S/C13H24N2/c1-3-10-15(12-6-7-12)11-13(2)8-4-5-9-14-13/h3,12,14H,1,4-11H2,2H3. The van der Waals surface area contributed by atoms with Crippen molar-refractivity contribution in [1.29, 1.82) is 0 Å². The molecule has 2 nitrogen and oxygen atoms in total. The number of nitrogens with zero attached hydrogens (tertiary/aromatic N) is 1. The third kappa shape index (κ3) is 3.05. The first-order chi connectivity index (χ1) is 7.23. The molecular weight excluding hydrogens is 184 g/mol. The van der Waals surface area contributed by atoms with Gasteiger partial charge in [-0.25, -0.2) is 0 Å². The van der Waals surface area contributed by atoms with Crippen LogP contribution in [0.4, 0.5) is 0 Å². The van der Waals surface area contributed by atoms with Gasteiger partial charge in [0.25, 0.3) is 0 Å². The van der Waals surface area contributed by atoms with E-state index < -0.39 is 0 Å². The molecule has 2 fully saturated rings. The zero-order valence-corrected chi connectivity index (χ0v) is 9.97. The summed E-state index contributed by atoms with van der Waals surface area (Å²) in [6.07, 6.45) is 8.89. The van der Waals surface area contributed by atoms with E-state index in [1.807, 2.05) is 6.08 Å². The average Bonchev–Trinajstić information content (AvgIpc) is 3.01. The highest BCUT2D eigenvalue weighted by Gasteiger charge is 2.34. The Morgan fingerprint density at radius 1 is 1.47 bits per heavy atom. The Kier molecular flexibility index (Phi) is 3.47. The maximum absolute atomic E-state index is 3.86. The van der Waals surface area contributed by atoms with Gasteiger partial charge < -0.3 is 5.32 Å². The largest absolute Gasteiger partial charge is 0.310 e. The normalized spacial score (nSPS) is 31.9. The molecule has 0 bridgehead atoms. The summed E-state index contributed by atoms with van der Waals surface area (Å²) in [5, 5.41) is 3.69. The molecule has 1 N–H and O–H groups in total. The number of hydrogen-bond donors (Lipinski definition) is 1. The minimum Gasteiger partial charge on any atom is -0.310 e. The summed E-state index contributed by atoms with van der Waals surface area (Å²) < 4.78 is 0. The lowest BCUT2D eigenvalue weighted by atomic mass is 9.90. The molecule has 0 aromatic rings. The third-order valence-corrected chi connectivity index (χ3v) is 3.69. The van der Waals surface area contributed by atoms with E-state index in [4.69, 9.17) is 0 Å². The Morgan fingerprint density at radius 2 is 2.27 bits per heavy atom. The van der Waals surface area contributed by atoms with E-state index in [0.29, 0.717) is 5.54 Å². The van der Waals surface area contributed by atoms with E-state index in [2.05, 4.69) is 23.7 Å². The number of rotatable bonds is 5. The smallest absolute Gasteiger partial charge is 0.0280 e. The lowest BCUT2D eigenvalue weighted by Gasteiger charge is -2.39. The van der Waals surface area contributed by atoms with Gasteiger partial charge in [-0.3, -0.25) is 4.90 Å². The Morgan fingerprint density at radius 3 is 2.80 bits per heavy atom. The lowest BCUT2D eigenvalue weighted by molar-refractivity contribution is 0.169. The number of hydrogen-bond acceptors (Lipinski definition) is 2. The first kappa shape index (κ1) is 11.2. The Balaban J connectivity index is 1.88. The van der Waals surface area contributed by atoms with Gasteiger partial charge in [0.15, 0.2) is 0 Å². The quantitative estimate of drug-likeness (QED) is 0.697. The van der Waals surface area contributed by atoms with E-state index in [0.717, 1.165) is 12.6 Å². The average molecular weight is 208 g/mol. The van der Waals surface area contributed by atoms with Crippen LogP contribution in [-0.2, 0) is 0 Å². The van der Waals surface area contributed by atoms with Crippen LogP contribution >= 0.6 is 0 Å². The highest BCUT2D eigenvalue weighted by atomic mass is 15.2. The molecule has 0 aromatic carbocycles. The van der Waals surface area contributed by atoms with Crippen molar-refractivity contribution >= 4 is 0 Å². The summed E-state index contributed by atoms with van der Waals surface area (Å²) in [4.78, 5) is 2.60. The maximum Gasteiger partial charge on any atom is 0.0280 e. The summed E-state index contributed by atoms with van der Waals surface area (Å²) >= 11 is 0. The predicted molar refractivity (Wildman–Crippen MR) is 65.1 cm³/mol. The fourth-order valence-electron chi connectivity index (χ4n) is 2.65. The molecule has 1 unspecified atom stereocenters. The van der Waals surface area contributed by atoms with Gasteiger partial charge in [0.2, 0.25) is 0 Å². The molecule has 1 saturated carbocycles. The van der Waals surface area contributed by atoms with Gasteiger partial charge >= 0.3 is 0 Å². The Bertz CT molecular complexity index is 215. The van der Waals surface area contributed by atoms with Gasteiger partial charge in [-0.05, 0) is 39.2 Å². The van der Waals surface area contributed by atoms with Crippen molar-refractivity contribution < 1.29 is 0 Å². The summed E-state index contributed by atoms with van der Waals surface area (Å²) in [6, 6.07) is 0.851. The zero-order chi connectivity index (χ0) is 10.7. The maximum atomic E-state index is 3.86. The monoisotopic (exact) mass is 208 g/mol. The third-order valence-electron chi connectivity index (χ3n) is 3.69. The molecule has 0 radical (unpaired) electrons. The van der Waals surface area contributed by atoms with Crippen molar-refractivity contribution in [2.45, 2.75) is 50.6 Å². The van der Waals surface area contributed by atoms with Crippen LogP contribution in [0.15, 0.2) is 12.7 Å². The highest BCUT2D eigenvalue weighted by Crippen LogP contribution is 2.29. The van der Waals surface area contributed by atoms with Crippen LogP contribution in [0.5, 0.6) is 0 Å². The van der Waals surface area contributed by atoms with Crippen molar-refractivity contribution in [2.24, 2.45) is 0 Å². The van der Waals surface area contributed by atoms with Gasteiger partial charge in [-0.2, -0.15) is 0 Å². The molecule has 1 atom stereocenters. The summed E-state index contributed by atoms with van der Waals surface area (Å²) in [7, 11) is 0. The topological polar surface area (TPSA) is 15.3 Å². The first-order valence-electron chi connectivity index (χ1n) is 6.33. The molecule has 2 rings (SSSR count). The molecule has 0 spiro atoms. The van der Waals surface area contributed by atoms with Crippen LogP contribution in [0.2, 0.25) is 0 Å². The minimum absolute atomic E-state index is 0.351. The van der Waals surface area contributed by atoms with Crippen LogP contribution < -0.4 is 5.32 Å². The van der Waals surface area contributed by atoms with E-state index in [1.165, 1.54) is 45.2 Å². The predicted octanol–water partition coefficient (Wildman–Crippen LogP) is 2.17. The van der Waals surface area contributed by atoms with Crippen molar-refractivity contribution in [1.82, 2.24) is 10.2 Å². The van der Waals surface area contributed by atoms with Crippen LogP contribution in [0.3, 0.4) is 0 Å². The van der Waals surface area contributed by atoms with Crippen molar-refractivity contribution in [3.8, 4) is 0 Å². The van der Waals surface area contributed by atoms with E-state index in [1.54, 1.807) is 0 Å². The van der Waals surface area contributed by atoms with Gasteiger partial charge in [0, 0.05) is 24.7 Å². The van der Waals surface area contributed by atoms with Crippen molar-refractivity contribution in [2.75, 3.05) is 19.6 Å². The van der Waals surface area contributed by atoms with Crippen LogP contribution in [-0.4, -0.2) is 36.1 Å². The van der Waals surface area contributed by atoms with Crippen LogP contribution in [0, 0.1) is 0 Å². The van der Waals surface area contributed by atoms with Crippen LogP contribution in [0.1, 0.15) is 39.0 Å². The zero-order valence-electron chi connectivity index (χ0n) is 9.97. The number of piperidine rings is 1. The molecule has 1 saturated heterocycles. The first-order valence-corrected chi connectivity index (χ1v) is 6.33. The molecule has 2 heteroatoms. The van der Waals surface area contributed by atoms with Gasteiger partial charge in [-0.1, -0.05) is 12.5 Å². The second-order valence-corrected chi connectivity index (χ2v) is 5.39. The number of nitrogens with one attached hydrogen (secondary N) is 1. The summed E-state index contributed by atoms with van der Waals surface area (Å²) in [5.74, 6) is 0. The van der Waals surface area contributed by atoms with E-state index >= 15 is 0 Å². The van der Waals surface area contributed by atoms with Gasteiger partial charge in [0.1, 0.15) is 0 Å². The summed E-state index contributed by atoms with van der Waals surface area (Å²) in [5.41, 5.74) is 0.351. The molecule has 86 valence electrons. The second kappa shape index (κ2) is 4.67. The SMILES string of the molecule is C=CCN(CC1(C)CCCCN1)C1CC1. The Labute approximate surface area is 93.7 Å². The minimum atomic E-state index is 0.351. The van der Waals surface area contributed by atoms with E-state index in [9.17, 15) is 0 Å². The lowest BCUT2D eigenvalue weighted by Crippen LogP contribution is -2.54. The molecular formula is C13H24N2. The fraction of sp³-hybridized carbons (Fsp3) is 0.846. The molecule has 15 heavy (non-hydrogen) atoms. The second-order valence-electron chi connectivity index (χ2n) is 5.39. The highest BCUT2D eigenvalue weighted by molar-refractivity contribution is 4.96. The van der Waals surface area contributed by atoms with Crippen LogP contribution in [0.25, 0.3) is 0 Å². The van der Waals surface area contributed by atoms with Crippen molar-refractivity contribution in [3.05, 3.63) is 12.7 Å². The van der Waals surface area contributed by atoms with Gasteiger partial charge in [0.05, 0.1) is 0 Å². The molecule has 1 heterocycles. The molecule has 1 aliphatic heterocycles. The molecule has 1 aliphatic carbocycles. The molecule has 0 aromatic heterocycles. The fourth-order valence-corrected chi connectivity index (χ4v) is 2.65. The Hall–Kier alpha value is -0.340. The summed E-state index contributed by atoms with van der Waals surface area (Å²) in [6.45, 7) is 9.70. The van der Waals surface area contributed by atoms with Gasteiger partial charge in [-0.15, -0.1) is 6.58 Å². The van der Waals surface area contributed by atoms with Crippen molar-refractivity contribution in [3.63, 3.8) is 0 Å². The molecule has 2 aliphatic rings. The van der Waals surface area contributed by atoms with E-state index in [-0.39, 0.29) is 0 Å².